The van der Waals surface area contributed by atoms with Gasteiger partial charge in [0.05, 0.1) is 19.3 Å². The van der Waals surface area contributed by atoms with Crippen molar-refractivity contribution in [2.24, 2.45) is 5.92 Å². The number of amides is 1. The predicted molar refractivity (Wildman–Crippen MR) is 120 cm³/mol. The van der Waals surface area contributed by atoms with Crippen LogP contribution in [0.15, 0.2) is 24.3 Å². The third-order valence-corrected chi connectivity index (χ3v) is 6.41. The minimum Gasteiger partial charge on any atom is -0.465 e. The summed E-state index contributed by atoms with van der Waals surface area (Å²) in [5.41, 5.74) is 0. The van der Waals surface area contributed by atoms with E-state index < -0.39 is 6.10 Å². The van der Waals surface area contributed by atoms with Gasteiger partial charge < -0.3 is 14.7 Å². The van der Waals surface area contributed by atoms with Gasteiger partial charge in [-0.2, -0.15) is 0 Å². The SMILES string of the molecule is CCCC#CC[C@@H](C)[C@H](O)C=CC1CCC(=O)N1CCCc1ccc(C(=O)OC)s1. The van der Waals surface area contributed by atoms with Gasteiger partial charge in [0.1, 0.15) is 4.88 Å². The number of unbranched alkanes of at least 4 members (excludes halogenated alkanes) is 1. The van der Waals surface area contributed by atoms with Crippen LogP contribution in [0, 0.1) is 17.8 Å². The first-order chi connectivity index (χ1) is 14.5. The fraction of sp³-hybridized carbons (Fsp3) is 0.583. The Morgan fingerprint density at radius 1 is 1.43 bits per heavy atom. The number of ether oxygens (including phenoxy) is 1. The van der Waals surface area contributed by atoms with E-state index in [0.717, 1.165) is 37.0 Å². The van der Waals surface area contributed by atoms with Crippen molar-refractivity contribution in [2.45, 2.75) is 70.9 Å². The Labute approximate surface area is 184 Å². The van der Waals surface area contributed by atoms with E-state index in [1.807, 2.05) is 30.0 Å². The van der Waals surface area contributed by atoms with Crippen LogP contribution in [0.2, 0.25) is 0 Å². The average molecular weight is 432 g/mol. The highest BCUT2D eigenvalue weighted by Crippen LogP contribution is 2.23. The quantitative estimate of drug-likeness (QED) is 0.342. The van der Waals surface area contributed by atoms with Crippen LogP contribution in [-0.2, 0) is 16.0 Å². The van der Waals surface area contributed by atoms with Gasteiger partial charge in [-0.15, -0.1) is 23.2 Å². The zero-order chi connectivity index (χ0) is 21.9. The molecule has 1 saturated heterocycles. The molecule has 1 aliphatic rings. The van der Waals surface area contributed by atoms with E-state index in [0.29, 0.717) is 24.3 Å². The maximum absolute atomic E-state index is 12.3. The van der Waals surface area contributed by atoms with E-state index in [1.54, 1.807) is 6.07 Å². The standard InChI is InChI=1S/C24H33NO4S/c1-4-5-6-7-9-18(2)21(26)14-11-19-12-16-23(27)25(19)17-8-10-20-13-15-22(30-20)24(28)29-3/h11,13-15,18-19,21,26H,4-5,8-10,12,16-17H2,1-3H3/t18-,19?,21-/m1/s1. The van der Waals surface area contributed by atoms with Crippen LogP contribution in [0.3, 0.4) is 0 Å². The third kappa shape index (κ3) is 7.30. The Morgan fingerprint density at radius 3 is 2.97 bits per heavy atom. The van der Waals surface area contributed by atoms with Crippen molar-refractivity contribution >= 4 is 23.2 Å². The van der Waals surface area contributed by atoms with Gasteiger partial charge in [0.2, 0.25) is 5.91 Å². The Hall–Kier alpha value is -2.10. The minimum atomic E-state index is -0.554. The normalized spacial score (nSPS) is 18.3. The summed E-state index contributed by atoms with van der Waals surface area (Å²) in [6, 6.07) is 3.77. The van der Waals surface area contributed by atoms with Gasteiger partial charge in [-0.3, -0.25) is 4.79 Å². The molecule has 0 saturated carbocycles. The molecule has 0 spiro atoms. The van der Waals surface area contributed by atoms with E-state index >= 15 is 0 Å². The highest BCUT2D eigenvalue weighted by molar-refractivity contribution is 7.13. The number of hydrogen-bond acceptors (Lipinski definition) is 5. The molecule has 0 radical (unpaired) electrons. The monoisotopic (exact) mass is 431 g/mol. The predicted octanol–water partition coefficient (Wildman–Crippen LogP) is 4.21. The molecule has 1 aliphatic heterocycles. The molecule has 3 atom stereocenters. The number of carbonyl (C=O) groups is 2. The number of methoxy groups -OCH3 is 1. The number of thiophene rings is 1. The van der Waals surface area contributed by atoms with Gasteiger partial charge >= 0.3 is 5.97 Å². The number of aliphatic hydroxyl groups is 1. The smallest absolute Gasteiger partial charge is 0.348 e. The number of rotatable bonds is 10. The fourth-order valence-electron chi connectivity index (χ4n) is 3.39. The fourth-order valence-corrected chi connectivity index (χ4v) is 4.36. The summed E-state index contributed by atoms with van der Waals surface area (Å²) in [6.45, 7) is 4.77. The van der Waals surface area contributed by atoms with Crippen molar-refractivity contribution < 1.29 is 19.4 Å². The van der Waals surface area contributed by atoms with Gasteiger partial charge in [-0.25, -0.2) is 4.79 Å². The first-order valence-electron chi connectivity index (χ1n) is 10.7. The van der Waals surface area contributed by atoms with Crippen molar-refractivity contribution in [3.05, 3.63) is 34.0 Å². The molecule has 0 aromatic carbocycles. The van der Waals surface area contributed by atoms with Crippen LogP contribution in [0.5, 0.6) is 0 Å². The molecular formula is C24H33NO4S. The van der Waals surface area contributed by atoms with Crippen molar-refractivity contribution in [1.29, 1.82) is 0 Å². The Morgan fingerprint density at radius 2 is 2.23 bits per heavy atom. The molecule has 2 heterocycles. The van der Waals surface area contributed by atoms with E-state index in [9.17, 15) is 14.7 Å². The molecule has 30 heavy (non-hydrogen) atoms. The highest BCUT2D eigenvalue weighted by atomic mass is 32.1. The van der Waals surface area contributed by atoms with E-state index in [2.05, 4.69) is 18.8 Å². The topological polar surface area (TPSA) is 66.8 Å². The second-order valence-corrected chi connectivity index (χ2v) is 8.88. The molecule has 1 unspecified atom stereocenters. The van der Waals surface area contributed by atoms with Crippen molar-refractivity contribution in [1.82, 2.24) is 4.90 Å². The van der Waals surface area contributed by atoms with Crippen LogP contribution in [0.25, 0.3) is 0 Å². The minimum absolute atomic E-state index is 0.0412. The molecule has 1 aromatic heterocycles. The number of esters is 1. The second-order valence-electron chi connectivity index (χ2n) is 7.71. The molecule has 2 rings (SSSR count). The summed E-state index contributed by atoms with van der Waals surface area (Å²) in [4.78, 5) is 27.5. The molecule has 1 amide bonds. The lowest BCUT2D eigenvalue weighted by molar-refractivity contribution is -0.128. The summed E-state index contributed by atoms with van der Waals surface area (Å²) in [5, 5.41) is 10.4. The first-order valence-corrected chi connectivity index (χ1v) is 11.6. The lowest BCUT2D eigenvalue weighted by atomic mass is 10.00. The molecule has 1 N–H and O–H groups in total. The first kappa shape index (κ1) is 24.2. The molecule has 0 aliphatic carbocycles. The maximum Gasteiger partial charge on any atom is 0.348 e. The van der Waals surface area contributed by atoms with Crippen LogP contribution in [0.1, 0.15) is 66.9 Å². The van der Waals surface area contributed by atoms with Crippen molar-refractivity contribution in [3.8, 4) is 11.8 Å². The molecule has 1 fully saturated rings. The summed E-state index contributed by atoms with van der Waals surface area (Å²) in [5.74, 6) is 6.17. The lowest BCUT2D eigenvalue weighted by Crippen LogP contribution is -2.33. The van der Waals surface area contributed by atoms with Crippen LogP contribution >= 0.6 is 11.3 Å². The van der Waals surface area contributed by atoms with Crippen molar-refractivity contribution in [2.75, 3.05) is 13.7 Å². The maximum atomic E-state index is 12.3. The summed E-state index contributed by atoms with van der Waals surface area (Å²) in [6.07, 6.45) is 8.86. The molecule has 0 bridgehead atoms. The number of aryl methyl sites for hydroxylation is 1. The summed E-state index contributed by atoms with van der Waals surface area (Å²) >= 11 is 1.44. The van der Waals surface area contributed by atoms with Gasteiger partial charge in [-0.05, 0) is 43.7 Å². The average Bonchev–Trinajstić information content (AvgIpc) is 3.36. The van der Waals surface area contributed by atoms with Crippen molar-refractivity contribution in [3.63, 3.8) is 0 Å². The van der Waals surface area contributed by atoms with Crippen LogP contribution in [-0.4, -0.2) is 47.7 Å². The Kier molecular flexibility index (Phi) is 10.1. The number of aliphatic hydroxyl groups excluding tert-OH is 1. The van der Waals surface area contributed by atoms with Crippen LogP contribution < -0.4 is 0 Å². The summed E-state index contributed by atoms with van der Waals surface area (Å²) in [7, 11) is 1.38. The molecule has 1 aromatic rings. The molecule has 164 valence electrons. The second kappa shape index (κ2) is 12.6. The third-order valence-electron chi connectivity index (χ3n) is 5.28. The molecular weight excluding hydrogens is 398 g/mol. The van der Waals surface area contributed by atoms with Gasteiger partial charge in [0.15, 0.2) is 0 Å². The Bertz CT molecular complexity index is 789. The van der Waals surface area contributed by atoms with E-state index in [1.165, 1.54) is 18.4 Å². The summed E-state index contributed by atoms with van der Waals surface area (Å²) < 4.78 is 4.74. The number of likely N-dealkylation sites (tertiary alicyclic amines) is 1. The van der Waals surface area contributed by atoms with Gasteiger partial charge in [0.25, 0.3) is 0 Å². The number of carbonyl (C=O) groups excluding carboxylic acids is 2. The highest BCUT2D eigenvalue weighted by Gasteiger charge is 2.28. The number of nitrogens with zero attached hydrogens (tertiary/aromatic N) is 1. The van der Waals surface area contributed by atoms with Crippen LogP contribution in [0.4, 0.5) is 0 Å². The largest absolute Gasteiger partial charge is 0.465 e. The van der Waals surface area contributed by atoms with Gasteiger partial charge in [-0.1, -0.05) is 26.0 Å². The molecule has 6 heteroatoms. The zero-order valence-electron chi connectivity index (χ0n) is 18.2. The van der Waals surface area contributed by atoms with E-state index in [-0.39, 0.29) is 23.8 Å². The van der Waals surface area contributed by atoms with E-state index in [4.69, 9.17) is 4.74 Å². The Balaban J connectivity index is 1.83. The lowest BCUT2D eigenvalue weighted by Gasteiger charge is -2.23. The number of hydrogen-bond donors (Lipinski definition) is 1. The van der Waals surface area contributed by atoms with Gasteiger partial charge in [0, 0.05) is 30.7 Å². The zero-order valence-corrected chi connectivity index (χ0v) is 19.0. The molecule has 5 nitrogen and oxygen atoms in total.